The van der Waals surface area contributed by atoms with Crippen molar-refractivity contribution in [2.75, 3.05) is 18.4 Å². The molecule has 1 heterocycles. The molecule has 0 unspecified atom stereocenters. The van der Waals surface area contributed by atoms with Gasteiger partial charge in [-0.05, 0) is 49.0 Å². The monoisotopic (exact) mass is 319 g/mol. The largest absolute Gasteiger partial charge is 0.349 e. The molecular formula is C16H21N3O2S. The Balaban J connectivity index is 1.58. The summed E-state index contributed by atoms with van der Waals surface area (Å²) in [6.45, 7) is 2.06. The van der Waals surface area contributed by atoms with E-state index in [0.29, 0.717) is 0 Å². The Bertz CT molecular complexity index is 561. The van der Waals surface area contributed by atoms with Gasteiger partial charge >= 0.3 is 0 Å². The Morgan fingerprint density at radius 3 is 2.55 bits per heavy atom. The van der Waals surface area contributed by atoms with Crippen LogP contribution < -0.4 is 5.32 Å². The molecule has 118 valence electrons. The molecule has 1 aliphatic heterocycles. The van der Waals surface area contributed by atoms with E-state index in [2.05, 4.69) is 10.2 Å². The molecule has 1 saturated carbocycles. The Morgan fingerprint density at radius 1 is 1.18 bits per heavy atom. The van der Waals surface area contributed by atoms with Crippen molar-refractivity contribution in [1.82, 2.24) is 4.90 Å². The molecule has 2 aliphatic rings. The number of benzene rings is 1. The van der Waals surface area contributed by atoms with Gasteiger partial charge in [0.1, 0.15) is 0 Å². The first kappa shape index (κ1) is 15.2. The van der Waals surface area contributed by atoms with E-state index in [4.69, 9.17) is 12.2 Å². The second-order valence-corrected chi connectivity index (χ2v) is 6.66. The minimum Gasteiger partial charge on any atom is -0.349 e. The van der Waals surface area contributed by atoms with Crippen molar-refractivity contribution in [3.05, 3.63) is 34.4 Å². The van der Waals surface area contributed by atoms with Gasteiger partial charge in [0, 0.05) is 30.9 Å². The fourth-order valence-corrected chi connectivity index (χ4v) is 3.94. The number of fused-ring (bicyclic) bond motifs is 1. The number of anilines is 1. The van der Waals surface area contributed by atoms with E-state index in [0.717, 1.165) is 35.7 Å². The zero-order valence-electron chi connectivity index (χ0n) is 12.5. The lowest BCUT2D eigenvalue weighted by atomic mass is 9.75. The van der Waals surface area contributed by atoms with Crippen LogP contribution in [0.1, 0.15) is 32.1 Å². The highest BCUT2D eigenvalue weighted by Gasteiger charge is 2.31. The smallest absolute Gasteiger partial charge is 0.269 e. The molecule has 1 N–H and O–H groups in total. The van der Waals surface area contributed by atoms with Crippen LogP contribution in [0, 0.1) is 22.0 Å². The van der Waals surface area contributed by atoms with E-state index in [-0.39, 0.29) is 5.69 Å². The van der Waals surface area contributed by atoms with Gasteiger partial charge in [-0.15, -0.1) is 0 Å². The molecule has 6 heteroatoms. The maximum atomic E-state index is 10.7. The zero-order chi connectivity index (χ0) is 15.5. The third kappa shape index (κ3) is 3.38. The molecule has 1 aromatic carbocycles. The second kappa shape index (κ2) is 6.60. The maximum absolute atomic E-state index is 10.7. The van der Waals surface area contributed by atoms with Crippen LogP contribution in [0.2, 0.25) is 0 Å². The predicted molar refractivity (Wildman–Crippen MR) is 91.0 cm³/mol. The second-order valence-electron chi connectivity index (χ2n) is 6.27. The third-order valence-corrected chi connectivity index (χ3v) is 5.27. The van der Waals surface area contributed by atoms with Gasteiger partial charge in [0.15, 0.2) is 5.11 Å². The van der Waals surface area contributed by atoms with E-state index in [1.807, 2.05) is 0 Å². The summed E-state index contributed by atoms with van der Waals surface area (Å²) in [5.74, 6) is 1.66. The predicted octanol–water partition coefficient (Wildman–Crippen LogP) is 3.80. The highest BCUT2D eigenvalue weighted by Crippen LogP contribution is 2.36. The SMILES string of the molecule is O=[N+]([O-])c1ccc(NC(=S)N2CC[C@H]3CCCC[C@@H]3C2)cc1. The van der Waals surface area contributed by atoms with Crippen LogP contribution in [0.4, 0.5) is 11.4 Å². The minimum absolute atomic E-state index is 0.0967. The van der Waals surface area contributed by atoms with Crippen LogP contribution in [0.5, 0.6) is 0 Å². The molecule has 0 radical (unpaired) electrons. The summed E-state index contributed by atoms with van der Waals surface area (Å²) in [4.78, 5) is 12.5. The summed E-state index contributed by atoms with van der Waals surface area (Å²) in [7, 11) is 0. The molecule has 0 spiro atoms. The Kier molecular flexibility index (Phi) is 4.57. The van der Waals surface area contributed by atoms with Gasteiger partial charge in [-0.2, -0.15) is 0 Å². The standard InChI is InChI=1S/C16H21N3O2S/c20-19(21)15-7-5-14(6-8-15)17-16(22)18-10-9-12-3-1-2-4-13(12)11-18/h5-8,12-13H,1-4,9-11H2,(H,17,22)/t12-,13-/m1/s1. The topological polar surface area (TPSA) is 58.4 Å². The average molecular weight is 319 g/mol. The Hall–Kier alpha value is -1.69. The van der Waals surface area contributed by atoms with Crippen LogP contribution in [0.25, 0.3) is 0 Å². The molecule has 0 amide bonds. The van der Waals surface area contributed by atoms with E-state index >= 15 is 0 Å². The molecule has 2 atom stereocenters. The maximum Gasteiger partial charge on any atom is 0.269 e. The summed E-state index contributed by atoms with van der Waals surface area (Å²) >= 11 is 5.52. The summed E-state index contributed by atoms with van der Waals surface area (Å²) in [6.07, 6.45) is 6.65. The van der Waals surface area contributed by atoms with Crippen LogP contribution in [-0.2, 0) is 0 Å². The fourth-order valence-electron chi connectivity index (χ4n) is 3.65. The van der Waals surface area contributed by atoms with Gasteiger partial charge in [0.05, 0.1) is 4.92 Å². The van der Waals surface area contributed by atoms with E-state index in [1.54, 1.807) is 12.1 Å². The molecule has 1 saturated heterocycles. The number of nitro benzene ring substituents is 1. The first-order valence-corrected chi connectivity index (χ1v) is 8.34. The number of hydrogen-bond acceptors (Lipinski definition) is 3. The number of non-ortho nitro benzene ring substituents is 1. The molecule has 0 aromatic heterocycles. The lowest BCUT2D eigenvalue weighted by Gasteiger charge is -2.42. The number of nitro groups is 1. The summed E-state index contributed by atoms with van der Waals surface area (Å²) < 4.78 is 0. The van der Waals surface area contributed by atoms with Crippen molar-refractivity contribution in [3.8, 4) is 0 Å². The number of nitrogens with one attached hydrogen (secondary N) is 1. The molecule has 0 bridgehead atoms. The normalized spacial score (nSPS) is 24.5. The molecule has 5 nitrogen and oxygen atoms in total. The lowest BCUT2D eigenvalue weighted by Crippen LogP contribution is -2.46. The van der Waals surface area contributed by atoms with Crippen LogP contribution >= 0.6 is 12.2 Å². The first-order valence-electron chi connectivity index (χ1n) is 7.94. The van der Waals surface area contributed by atoms with Gasteiger partial charge in [-0.25, -0.2) is 0 Å². The van der Waals surface area contributed by atoms with Crippen molar-refractivity contribution in [2.45, 2.75) is 32.1 Å². The van der Waals surface area contributed by atoms with Crippen LogP contribution in [0.3, 0.4) is 0 Å². The third-order valence-electron chi connectivity index (χ3n) is 4.91. The minimum atomic E-state index is -0.393. The summed E-state index contributed by atoms with van der Waals surface area (Å²) in [5, 5.41) is 14.6. The lowest BCUT2D eigenvalue weighted by molar-refractivity contribution is -0.384. The van der Waals surface area contributed by atoms with Crippen LogP contribution in [0.15, 0.2) is 24.3 Å². The van der Waals surface area contributed by atoms with Gasteiger partial charge in [0.25, 0.3) is 5.69 Å². The molecule has 3 rings (SSSR count). The Morgan fingerprint density at radius 2 is 1.86 bits per heavy atom. The number of rotatable bonds is 2. The van der Waals surface area contributed by atoms with Crippen molar-refractivity contribution < 1.29 is 4.92 Å². The number of piperidine rings is 1. The number of thiocarbonyl (C=S) groups is 1. The summed E-state index contributed by atoms with van der Waals surface area (Å²) in [6, 6.07) is 6.41. The first-order chi connectivity index (χ1) is 10.6. The van der Waals surface area contributed by atoms with Gasteiger partial charge in [0.2, 0.25) is 0 Å². The highest BCUT2D eigenvalue weighted by atomic mass is 32.1. The van der Waals surface area contributed by atoms with Crippen molar-refractivity contribution in [2.24, 2.45) is 11.8 Å². The highest BCUT2D eigenvalue weighted by molar-refractivity contribution is 7.80. The van der Waals surface area contributed by atoms with Gasteiger partial charge in [-0.3, -0.25) is 10.1 Å². The molecular weight excluding hydrogens is 298 g/mol. The van der Waals surface area contributed by atoms with E-state index in [1.165, 1.54) is 44.2 Å². The molecule has 1 aromatic rings. The van der Waals surface area contributed by atoms with Crippen molar-refractivity contribution >= 4 is 28.7 Å². The average Bonchev–Trinajstić information content (AvgIpc) is 2.55. The van der Waals surface area contributed by atoms with Gasteiger partial charge < -0.3 is 10.2 Å². The van der Waals surface area contributed by atoms with Crippen molar-refractivity contribution in [1.29, 1.82) is 0 Å². The summed E-state index contributed by atoms with van der Waals surface area (Å²) in [5.41, 5.74) is 0.904. The number of hydrogen-bond donors (Lipinski definition) is 1. The quantitative estimate of drug-likeness (QED) is 0.510. The van der Waals surface area contributed by atoms with E-state index < -0.39 is 4.92 Å². The fraction of sp³-hybridized carbons (Fsp3) is 0.562. The molecule has 22 heavy (non-hydrogen) atoms. The zero-order valence-corrected chi connectivity index (χ0v) is 13.3. The van der Waals surface area contributed by atoms with Gasteiger partial charge in [-0.1, -0.05) is 19.3 Å². The van der Waals surface area contributed by atoms with E-state index in [9.17, 15) is 10.1 Å². The van der Waals surface area contributed by atoms with Crippen LogP contribution in [-0.4, -0.2) is 28.0 Å². The Labute approximate surface area is 135 Å². The molecule has 2 fully saturated rings. The van der Waals surface area contributed by atoms with Crippen molar-refractivity contribution in [3.63, 3.8) is 0 Å². The number of nitrogens with zero attached hydrogens (tertiary/aromatic N) is 2. The number of likely N-dealkylation sites (tertiary alicyclic amines) is 1. The molecule has 1 aliphatic carbocycles.